The van der Waals surface area contributed by atoms with E-state index in [1.165, 1.54) is 32.0 Å². The van der Waals surface area contributed by atoms with E-state index >= 15 is 0 Å². The van der Waals surface area contributed by atoms with E-state index in [2.05, 4.69) is 10.4 Å². The molecule has 144 valence electrons. The van der Waals surface area contributed by atoms with Gasteiger partial charge in [0.1, 0.15) is 5.69 Å². The van der Waals surface area contributed by atoms with Crippen molar-refractivity contribution in [1.82, 2.24) is 15.8 Å². The lowest BCUT2D eigenvalue weighted by Crippen LogP contribution is -2.47. The first-order valence-electron chi connectivity index (χ1n) is 7.66. The number of ether oxygens (including phenoxy) is 1. The van der Waals surface area contributed by atoms with Crippen LogP contribution in [-0.2, 0) is 11.0 Å². The Bertz CT molecular complexity index is 856. The first-order valence-corrected chi connectivity index (χ1v) is 7.66. The van der Waals surface area contributed by atoms with E-state index < -0.39 is 35.6 Å². The molecule has 2 rings (SSSR count). The van der Waals surface area contributed by atoms with Crippen LogP contribution in [-0.4, -0.2) is 22.9 Å². The Balaban J connectivity index is 1.96. The zero-order valence-corrected chi connectivity index (χ0v) is 14.2. The highest BCUT2D eigenvalue weighted by atomic mass is 19.4. The number of aromatic nitrogens is 1. The van der Waals surface area contributed by atoms with E-state index in [9.17, 15) is 27.2 Å². The number of hydrogen-bond donors (Lipinski definition) is 2. The monoisotopic (exact) mass is 385 g/mol. The van der Waals surface area contributed by atoms with Crippen molar-refractivity contribution in [2.45, 2.75) is 26.1 Å². The fraction of sp³-hybridized carbons (Fsp3) is 0.235. The van der Waals surface area contributed by atoms with Crippen molar-refractivity contribution >= 4 is 11.8 Å². The summed E-state index contributed by atoms with van der Waals surface area (Å²) in [4.78, 5) is 27.3. The Hall–Kier alpha value is -3.17. The molecule has 0 spiro atoms. The number of amides is 2. The second kappa shape index (κ2) is 8.02. The topological polar surface area (TPSA) is 80.3 Å². The van der Waals surface area contributed by atoms with Crippen LogP contribution in [0.1, 0.15) is 28.7 Å². The number of pyridine rings is 1. The number of nitrogens with one attached hydrogen (secondary N) is 2. The van der Waals surface area contributed by atoms with Gasteiger partial charge in [0.15, 0.2) is 17.7 Å². The molecule has 1 heterocycles. The van der Waals surface area contributed by atoms with Crippen molar-refractivity contribution in [2.24, 2.45) is 0 Å². The minimum atomic E-state index is -4.63. The van der Waals surface area contributed by atoms with E-state index in [4.69, 9.17) is 4.74 Å². The Labute approximate surface area is 151 Å². The summed E-state index contributed by atoms with van der Waals surface area (Å²) in [5.74, 6) is -2.45. The fourth-order valence-corrected chi connectivity index (χ4v) is 2.03. The minimum Gasteiger partial charge on any atom is -0.478 e. The van der Waals surface area contributed by atoms with Crippen LogP contribution in [0, 0.1) is 12.7 Å². The van der Waals surface area contributed by atoms with Crippen LogP contribution < -0.4 is 15.6 Å². The molecule has 0 bridgehead atoms. The molecule has 0 saturated carbocycles. The van der Waals surface area contributed by atoms with Crippen molar-refractivity contribution in [2.75, 3.05) is 0 Å². The second-order valence-corrected chi connectivity index (χ2v) is 5.46. The molecule has 0 aliphatic rings. The molecule has 0 fully saturated rings. The molecular formula is C17H15F4N3O3. The third kappa shape index (κ3) is 5.16. The number of carbonyl (C=O) groups excluding carboxylic acids is 2. The van der Waals surface area contributed by atoms with Crippen LogP contribution >= 0.6 is 0 Å². The van der Waals surface area contributed by atoms with Gasteiger partial charge < -0.3 is 4.74 Å². The third-order valence-electron chi connectivity index (χ3n) is 3.43. The summed E-state index contributed by atoms with van der Waals surface area (Å²) in [6.45, 7) is 2.56. The molecule has 1 aromatic carbocycles. The van der Waals surface area contributed by atoms with E-state index in [0.717, 1.165) is 12.1 Å². The SMILES string of the molecule is Cc1nc(C(F)(F)F)ccc1C(=O)NNC(=O)C(C)Oc1ccccc1F. The van der Waals surface area contributed by atoms with Gasteiger partial charge in [0.2, 0.25) is 0 Å². The number of carbonyl (C=O) groups is 2. The van der Waals surface area contributed by atoms with Gasteiger partial charge in [0.25, 0.3) is 11.8 Å². The summed E-state index contributed by atoms with van der Waals surface area (Å²) < 4.78 is 56.4. The third-order valence-corrected chi connectivity index (χ3v) is 3.43. The predicted octanol–water partition coefficient (Wildman–Crippen LogP) is 2.78. The maximum Gasteiger partial charge on any atom is 0.433 e. The number of para-hydroxylation sites is 1. The summed E-state index contributed by atoms with van der Waals surface area (Å²) >= 11 is 0. The standard InChI is InChI=1S/C17H15F4N3O3/c1-9-11(7-8-14(22-9)17(19,20)21)16(26)24-23-15(25)10(2)27-13-6-4-3-5-12(13)18/h3-8,10H,1-2H3,(H,23,25)(H,24,26). The van der Waals surface area contributed by atoms with Crippen LogP contribution in [0.15, 0.2) is 36.4 Å². The number of alkyl halides is 3. The molecule has 0 aliphatic carbocycles. The van der Waals surface area contributed by atoms with Gasteiger partial charge in [-0.15, -0.1) is 0 Å². The van der Waals surface area contributed by atoms with Gasteiger partial charge in [-0.3, -0.25) is 20.4 Å². The number of nitrogens with zero attached hydrogens (tertiary/aromatic N) is 1. The molecule has 0 radical (unpaired) electrons. The lowest BCUT2D eigenvalue weighted by atomic mass is 10.1. The van der Waals surface area contributed by atoms with Gasteiger partial charge in [-0.05, 0) is 38.1 Å². The fourth-order valence-electron chi connectivity index (χ4n) is 2.03. The Morgan fingerprint density at radius 1 is 1.11 bits per heavy atom. The molecule has 1 atom stereocenters. The number of benzene rings is 1. The summed E-state index contributed by atoms with van der Waals surface area (Å²) in [7, 11) is 0. The maximum atomic E-state index is 13.5. The lowest BCUT2D eigenvalue weighted by molar-refractivity contribution is -0.141. The molecule has 0 aliphatic heterocycles. The lowest BCUT2D eigenvalue weighted by Gasteiger charge is -2.16. The average molecular weight is 385 g/mol. The molecule has 1 aromatic heterocycles. The predicted molar refractivity (Wildman–Crippen MR) is 86.1 cm³/mol. The van der Waals surface area contributed by atoms with Gasteiger partial charge in [-0.2, -0.15) is 13.2 Å². The van der Waals surface area contributed by atoms with Gasteiger partial charge >= 0.3 is 6.18 Å². The number of aryl methyl sites for hydroxylation is 1. The molecule has 1 unspecified atom stereocenters. The quantitative estimate of drug-likeness (QED) is 0.627. The van der Waals surface area contributed by atoms with Crippen LogP contribution in [0.25, 0.3) is 0 Å². The zero-order chi connectivity index (χ0) is 20.2. The normalized spacial score (nSPS) is 12.2. The molecular weight excluding hydrogens is 370 g/mol. The van der Waals surface area contributed by atoms with Crippen LogP contribution in [0.4, 0.5) is 17.6 Å². The van der Waals surface area contributed by atoms with E-state index in [1.807, 2.05) is 5.43 Å². The van der Waals surface area contributed by atoms with Crippen molar-refractivity contribution in [3.63, 3.8) is 0 Å². The second-order valence-electron chi connectivity index (χ2n) is 5.46. The van der Waals surface area contributed by atoms with E-state index in [0.29, 0.717) is 6.07 Å². The molecule has 27 heavy (non-hydrogen) atoms. The molecule has 2 amide bonds. The number of hydrazine groups is 1. The van der Waals surface area contributed by atoms with Crippen molar-refractivity contribution in [1.29, 1.82) is 0 Å². The van der Waals surface area contributed by atoms with E-state index in [-0.39, 0.29) is 17.0 Å². The van der Waals surface area contributed by atoms with Crippen molar-refractivity contribution < 1.29 is 31.9 Å². The summed E-state index contributed by atoms with van der Waals surface area (Å²) in [6, 6.07) is 7.06. The molecule has 10 heteroatoms. The smallest absolute Gasteiger partial charge is 0.433 e. The van der Waals surface area contributed by atoms with Crippen LogP contribution in [0.2, 0.25) is 0 Å². The van der Waals surface area contributed by atoms with Crippen LogP contribution in [0.5, 0.6) is 5.75 Å². The number of rotatable bonds is 4. The first kappa shape index (κ1) is 20.1. The number of hydrogen-bond acceptors (Lipinski definition) is 4. The number of halogens is 4. The highest BCUT2D eigenvalue weighted by Gasteiger charge is 2.33. The van der Waals surface area contributed by atoms with Gasteiger partial charge in [-0.25, -0.2) is 9.37 Å². The molecule has 0 saturated heterocycles. The summed E-state index contributed by atoms with van der Waals surface area (Å²) in [6.07, 6.45) is -5.78. The largest absolute Gasteiger partial charge is 0.478 e. The van der Waals surface area contributed by atoms with Gasteiger partial charge in [-0.1, -0.05) is 12.1 Å². The Morgan fingerprint density at radius 2 is 1.78 bits per heavy atom. The summed E-state index contributed by atoms with van der Waals surface area (Å²) in [5.41, 5.74) is 2.66. The maximum absolute atomic E-state index is 13.5. The van der Waals surface area contributed by atoms with Crippen LogP contribution in [0.3, 0.4) is 0 Å². The highest BCUT2D eigenvalue weighted by molar-refractivity contribution is 5.96. The van der Waals surface area contributed by atoms with Gasteiger partial charge in [0, 0.05) is 0 Å². The zero-order valence-electron chi connectivity index (χ0n) is 14.2. The summed E-state index contributed by atoms with van der Waals surface area (Å²) in [5, 5.41) is 0. The van der Waals surface area contributed by atoms with Crippen molar-refractivity contribution in [3.05, 3.63) is 59.2 Å². The molecule has 6 nitrogen and oxygen atoms in total. The van der Waals surface area contributed by atoms with Crippen molar-refractivity contribution in [3.8, 4) is 5.75 Å². The Kier molecular flexibility index (Phi) is 5.98. The molecule has 2 N–H and O–H groups in total. The minimum absolute atomic E-state index is 0.144. The first-order chi connectivity index (χ1) is 12.6. The Morgan fingerprint density at radius 3 is 2.37 bits per heavy atom. The van der Waals surface area contributed by atoms with E-state index in [1.54, 1.807) is 0 Å². The van der Waals surface area contributed by atoms with Gasteiger partial charge in [0.05, 0.1) is 11.3 Å². The average Bonchev–Trinajstić information content (AvgIpc) is 2.60. The molecule has 2 aromatic rings. The highest BCUT2D eigenvalue weighted by Crippen LogP contribution is 2.28.